The number of aliphatic hydroxyl groups excluding tert-OH is 1. The van der Waals surface area contributed by atoms with Gasteiger partial charge in [0, 0.05) is 18.5 Å². The number of hydrogen-bond acceptors (Lipinski definition) is 4. The maximum absolute atomic E-state index is 11.0. The van der Waals surface area contributed by atoms with Crippen LogP contribution in [0.5, 0.6) is 0 Å². The smallest absolute Gasteiger partial charge is 0.305 e. The molecule has 0 aromatic carbocycles. The van der Waals surface area contributed by atoms with Crippen LogP contribution in [0.25, 0.3) is 0 Å². The molecule has 1 fully saturated rings. The van der Waals surface area contributed by atoms with Gasteiger partial charge in [0.2, 0.25) is 0 Å². The second kappa shape index (κ2) is 12.8. The maximum Gasteiger partial charge on any atom is 0.305 e. The van der Waals surface area contributed by atoms with E-state index in [-0.39, 0.29) is 18.1 Å². The van der Waals surface area contributed by atoms with Gasteiger partial charge in [-0.3, -0.25) is 4.79 Å². The first-order valence-corrected chi connectivity index (χ1v) is 9.64. The predicted molar refractivity (Wildman–Crippen MR) is 94.4 cm³/mol. The number of aliphatic hydroxyl groups is 1. The van der Waals surface area contributed by atoms with Gasteiger partial charge in [0.25, 0.3) is 0 Å². The van der Waals surface area contributed by atoms with Gasteiger partial charge in [-0.2, -0.15) is 0 Å². The molecule has 0 amide bonds. The molecule has 0 saturated carbocycles. The van der Waals surface area contributed by atoms with E-state index in [1.165, 1.54) is 58.5 Å². The van der Waals surface area contributed by atoms with Crippen molar-refractivity contribution in [3.8, 4) is 0 Å². The second-order valence-corrected chi connectivity index (χ2v) is 7.09. The Balaban J connectivity index is 1.81. The third kappa shape index (κ3) is 9.98. The highest BCUT2D eigenvalue weighted by Gasteiger charge is 2.24. The van der Waals surface area contributed by atoms with Gasteiger partial charge in [-0.1, -0.05) is 51.4 Å². The van der Waals surface area contributed by atoms with Crippen LogP contribution in [0.3, 0.4) is 0 Å². The average Bonchev–Trinajstić information content (AvgIpc) is 2.55. The normalized spacial score (nSPS) is 24.6. The molecule has 0 aromatic heterocycles. The van der Waals surface area contributed by atoms with E-state index < -0.39 is 0 Å². The Labute approximate surface area is 142 Å². The van der Waals surface area contributed by atoms with E-state index in [9.17, 15) is 9.90 Å². The number of rotatable bonds is 12. The molecule has 1 aliphatic rings. The molecular formula is C19H37NO3. The summed E-state index contributed by atoms with van der Waals surface area (Å²) in [5, 5.41) is 13.2. The van der Waals surface area contributed by atoms with Crippen molar-refractivity contribution in [1.82, 2.24) is 5.32 Å². The Kier molecular flexibility index (Phi) is 11.3. The SMILES string of the molecule is COC(=O)CCCCCCCCCCCC1CCC(O)C(C)N1. The fraction of sp³-hybridized carbons (Fsp3) is 0.947. The summed E-state index contributed by atoms with van der Waals surface area (Å²) in [6.07, 6.45) is 15.0. The lowest BCUT2D eigenvalue weighted by molar-refractivity contribution is -0.140. The van der Waals surface area contributed by atoms with Gasteiger partial charge >= 0.3 is 5.97 Å². The largest absolute Gasteiger partial charge is 0.469 e. The minimum Gasteiger partial charge on any atom is -0.469 e. The van der Waals surface area contributed by atoms with Crippen molar-refractivity contribution in [3.05, 3.63) is 0 Å². The van der Waals surface area contributed by atoms with Crippen molar-refractivity contribution in [2.45, 2.75) is 109 Å². The fourth-order valence-electron chi connectivity index (χ4n) is 3.42. The minimum absolute atomic E-state index is 0.0821. The van der Waals surface area contributed by atoms with Gasteiger partial charge in [0.15, 0.2) is 0 Å². The summed E-state index contributed by atoms with van der Waals surface area (Å²) < 4.78 is 4.63. The number of carbonyl (C=O) groups excluding carboxylic acids is 1. The molecule has 2 N–H and O–H groups in total. The van der Waals surface area contributed by atoms with Crippen molar-refractivity contribution < 1.29 is 14.6 Å². The summed E-state index contributed by atoms with van der Waals surface area (Å²) in [7, 11) is 1.45. The molecular weight excluding hydrogens is 290 g/mol. The van der Waals surface area contributed by atoms with Crippen LogP contribution in [-0.2, 0) is 9.53 Å². The van der Waals surface area contributed by atoms with E-state index in [1.807, 2.05) is 0 Å². The van der Waals surface area contributed by atoms with Crippen LogP contribution in [0.1, 0.15) is 90.4 Å². The van der Waals surface area contributed by atoms with Crippen LogP contribution in [0.2, 0.25) is 0 Å². The van der Waals surface area contributed by atoms with Crippen molar-refractivity contribution in [1.29, 1.82) is 0 Å². The van der Waals surface area contributed by atoms with Crippen LogP contribution in [0.15, 0.2) is 0 Å². The summed E-state index contributed by atoms with van der Waals surface area (Å²) >= 11 is 0. The number of hydrogen-bond donors (Lipinski definition) is 2. The number of unbranched alkanes of at least 4 members (excludes halogenated alkanes) is 8. The lowest BCUT2D eigenvalue weighted by Crippen LogP contribution is -2.48. The number of methoxy groups -OCH3 is 1. The summed E-state index contributed by atoms with van der Waals surface area (Å²) in [5.74, 6) is -0.0821. The third-order valence-electron chi connectivity index (χ3n) is 5.05. The lowest BCUT2D eigenvalue weighted by atomic mass is 9.93. The van der Waals surface area contributed by atoms with Gasteiger partial charge in [-0.05, 0) is 32.6 Å². The van der Waals surface area contributed by atoms with Crippen molar-refractivity contribution in [3.63, 3.8) is 0 Å². The van der Waals surface area contributed by atoms with Crippen LogP contribution in [0.4, 0.5) is 0 Å². The number of piperidine rings is 1. The van der Waals surface area contributed by atoms with E-state index in [4.69, 9.17) is 0 Å². The number of nitrogens with one attached hydrogen (secondary N) is 1. The van der Waals surface area contributed by atoms with Crippen LogP contribution in [-0.4, -0.2) is 36.4 Å². The summed E-state index contributed by atoms with van der Waals surface area (Å²) in [4.78, 5) is 11.0. The van der Waals surface area contributed by atoms with E-state index in [0.717, 1.165) is 25.7 Å². The molecule has 0 radical (unpaired) electrons. The summed E-state index contributed by atoms with van der Waals surface area (Å²) in [5.41, 5.74) is 0. The summed E-state index contributed by atoms with van der Waals surface area (Å²) in [6.45, 7) is 2.09. The molecule has 3 unspecified atom stereocenters. The molecule has 23 heavy (non-hydrogen) atoms. The molecule has 4 heteroatoms. The van der Waals surface area contributed by atoms with E-state index >= 15 is 0 Å². The maximum atomic E-state index is 11.0. The zero-order valence-corrected chi connectivity index (χ0v) is 15.2. The summed E-state index contributed by atoms with van der Waals surface area (Å²) in [6, 6.07) is 0.871. The van der Waals surface area contributed by atoms with Crippen LogP contribution < -0.4 is 5.32 Å². The predicted octanol–water partition coefficient (Wildman–Crippen LogP) is 3.95. The van der Waals surface area contributed by atoms with Crippen molar-refractivity contribution in [2.75, 3.05) is 7.11 Å². The highest BCUT2D eigenvalue weighted by atomic mass is 16.5. The first-order valence-electron chi connectivity index (χ1n) is 9.64. The van der Waals surface area contributed by atoms with Crippen molar-refractivity contribution in [2.24, 2.45) is 0 Å². The molecule has 0 aromatic rings. The van der Waals surface area contributed by atoms with Gasteiger partial charge in [0.05, 0.1) is 13.2 Å². The Hall–Kier alpha value is -0.610. The zero-order valence-electron chi connectivity index (χ0n) is 15.2. The molecule has 0 spiro atoms. The Morgan fingerprint density at radius 3 is 2.13 bits per heavy atom. The first-order chi connectivity index (χ1) is 11.1. The lowest BCUT2D eigenvalue weighted by Gasteiger charge is -2.32. The minimum atomic E-state index is -0.154. The second-order valence-electron chi connectivity index (χ2n) is 7.09. The zero-order chi connectivity index (χ0) is 16.9. The number of esters is 1. The van der Waals surface area contributed by atoms with Crippen LogP contribution >= 0.6 is 0 Å². The monoisotopic (exact) mass is 327 g/mol. The highest BCUT2D eigenvalue weighted by molar-refractivity contribution is 5.68. The Bertz CT molecular complexity index is 309. The molecule has 0 aliphatic carbocycles. The van der Waals surface area contributed by atoms with Gasteiger partial charge in [0.1, 0.15) is 0 Å². The standard InChI is InChI=1S/C19H37NO3/c1-16-18(21)15-14-17(20-16)12-10-8-6-4-3-5-7-9-11-13-19(22)23-2/h16-18,20-21H,3-15H2,1-2H3. The number of carbonyl (C=O) groups is 1. The van der Waals surface area contributed by atoms with Crippen molar-refractivity contribution >= 4 is 5.97 Å². The van der Waals surface area contributed by atoms with E-state index in [0.29, 0.717) is 12.5 Å². The Morgan fingerprint density at radius 1 is 1.00 bits per heavy atom. The third-order valence-corrected chi connectivity index (χ3v) is 5.05. The molecule has 0 bridgehead atoms. The molecule has 4 nitrogen and oxygen atoms in total. The quantitative estimate of drug-likeness (QED) is 0.421. The van der Waals surface area contributed by atoms with Gasteiger partial charge in [-0.25, -0.2) is 0 Å². The average molecular weight is 328 g/mol. The molecule has 136 valence electrons. The first kappa shape index (κ1) is 20.4. The number of ether oxygens (including phenoxy) is 1. The molecule has 1 aliphatic heterocycles. The van der Waals surface area contributed by atoms with E-state index in [2.05, 4.69) is 17.0 Å². The van der Waals surface area contributed by atoms with Crippen LogP contribution in [0, 0.1) is 0 Å². The highest BCUT2D eigenvalue weighted by Crippen LogP contribution is 2.18. The van der Waals surface area contributed by atoms with Gasteiger partial charge < -0.3 is 15.2 Å². The molecule has 1 saturated heterocycles. The topological polar surface area (TPSA) is 58.6 Å². The molecule has 1 rings (SSSR count). The van der Waals surface area contributed by atoms with Gasteiger partial charge in [-0.15, -0.1) is 0 Å². The molecule has 3 atom stereocenters. The fourth-order valence-corrected chi connectivity index (χ4v) is 3.42. The molecule has 1 heterocycles. The Morgan fingerprint density at radius 2 is 1.57 bits per heavy atom. The van der Waals surface area contributed by atoms with E-state index in [1.54, 1.807) is 0 Å².